The van der Waals surface area contributed by atoms with Crippen LogP contribution in [0.4, 0.5) is 23.2 Å². The minimum absolute atomic E-state index is 0.0260. The Morgan fingerprint density at radius 3 is 2.55 bits per heavy atom. The standard InChI is InChI=1S/C19H19F4N5O2S/c1-18(10-31(3,30)28(2)17(24)27-18)13-8-12(5-6-14(13)20)26-16(29)15-7-4-11(9-25-15)19(21,22)23/h4-9H,3,10H2,1-2H3,(H2,24,27)(H,26,29)/t18-,31?/m0/s1. The van der Waals surface area contributed by atoms with Gasteiger partial charge in [0.05, 0.1) is 21.0 Å². The topological polar surface area (TPSA) is 101 Å². The van der Waals surface area contributed by atoms with Crippen molar-refractivity contribution >= 4 is 33.1 Å². The zero-order chi connectivity index (χ0) is 23.2. The molecule has 1 aromatic heterocycles. The molecule has 3 N–H and O–H groups in total. The summed E-state index contributed by atoms with van der Waals surface area (Å²) in [5, 5.41) is 2.45. The van der Waals surface area contributed by atoms with Crippen LogP contribution in [0.15, 0.2) is 41.5 Å². The lowest BCUT2D eigenvalue weighted by Gasteiger charge is -2.37. The molecular weight excluding hydrogens is 438 g/mol. The van der Waals surface area contributed by atoms with Crippen LogP contribution in [-0.4, -0.2) is 44.0 Å². The van der Waals surface area contributed by atoms with E-state index in [-0.39, 0.29) is 28.7 Å². The van der Waals surface area contributed by atoms with Crippen molar-refractivity contribution in [3.05, 3.63) is 59.2 Å². The Bertz CT molecular complexity index is 1160. The Balaban J connectivity index is 1.91. The number of alkyl halides is 3. The second-order valence-electron chi connectivity index (χ2n) is 7.24. The van der Waals surface area contributed by atoms with Gasteiger partial charge in [0, 0.05) is 24.5 Å². The van der Waals surface area contributed by atoms with E-state index < -0.39 is 38.7 Å². The Morgan fingerprint density at radius 1 is 1.32 bits per heavy atom. The third-order valence-electron chi connectivity index (χ3n) is 4.82. The van der Waals surface area contributed by atoms with Crippen molar-refractivity contribution < 1.29 is 26.6 Å². The van der Waals surface area contributed by atoms with E-state index in [9.17, 15) is 26.6 Å². The molecule has 0 fully saturated rings. The molecule has 1 aliphatic rings. The van der Waals surface area contributed by atoms with Crippen LogP contribution < -0.4 is 11.1 Å². The van der Waals surface area contributed by atoms with Crippen LogP contribution in [-0.2, 0) is 21.4 Å². The monoisotopic (exact) mass is 457 g/mol. The number of benzene rings is 1. The molecular formula is C19H19F4N5O2S. The lowest BCUT2D eigenvalue weighted by atomic mass is 9.93. The van der Waals surface area contributed by atoms with Crippen molar-refractivity contribution in [3.63, 3.8) is 0 Å². The number of amides is 1. The fourth-order valence-electron chi connectivity index (χ4n) is 3.11. The summed E-state index contributed by atoms with van der Waals surface area (Å²) in [5.74, 6) is 2.02. The van der Waals surface area contributed by atoms with E-state index in [1.165, 1.54) is 23.5 Å². The average Bonchev–Trinajstić information content (AvgIpc) is 2.66. The number of pyridine rings is 1. The molecule has 0 bridgehead atoms. The lowest BCUT2D eigenvalue weighted by molar-refractivity contribution is -0.137. The van der Waals surface area contributed by atoms with Crippen molar-refractivity contribution in [3.8, 4) is 0 Å². The first kappa shape index (κ1) is 22.5. The number of halogens is 4. The van der Waals surface area contributed by atoms with Gasteiger partial charge in [0.1, 0.15) is 17.1 Å². The predicted octanol–water partition coefficient (Wildman–Crippen LogP) is 2.60. The van der Waals surface area contributed by atoms with Crippen molar-refractivity contribution in [1.82, 2.24) is 9.29 Å². The molecule has 0 spiro atoms. The van der Waals surface area contributed by atoms with Crippen molar-refractivity contribution in [1.29, 1.82) is 0 Å². The number of nitrogens with zero attached hydrogens (tertiary/aromatic N) is 3. The quantitative estimate of drug-likeness (QED) is 0.547. The van der Waals surface area contributed by atoms with E-state index in [1.54, 1.807) is 6.92 Å². The molecule has 1 aromatic carbocycles. The Labute approximate surface area is 176 Å². The number of anilines is 1. The summed E-state index contributed by atoms with van der Waals surface area (Å²) < 4.78 is 66.6. The van der Waals surface area contributed by atoms with Gasteiger partial charge in [0.25, 0.3) is 5.91 Å². The molecule has 31 heavy (non-hydrogen) atoms. The van der Waals surface area contributed by atoms with Gasteiger partial charge in [-0.15, -0.1) is 0 Å². The number of carbonyl (C=O) groups excluding carboxylic acids is 1. The van der Waals surface area contributed by atoms with E-state index in [2.05, 4.69) is 21.2 Å². The Kier molecular flexibility index (Phi) is 5.47. The van der Waals surface area contributed by atoms with Crippen LogP contribution in [0, 0.1) is 5.82 Å². The fraction of sp³-hybridized carbons (Fsp3) is 0.263. The van der Waals surface area contributed by atoms with E-state index in [4.69, 9.17) is 5.73 Å². The van der Waals surface area contributed by atoms with Gasteiger partial charge in [-0.05, 0) is 43.1 Å². The van der Waals surface area contributed by atoms with Crippen LogP contribution >= 0.6 is 0 Å². The Hall–Kier alpha value is -3.15. The zero-order valence-electron chi connectivity index (χ0n) is 16.5. The number of hydrogen-bond donors (Lipinski definition) is 2. The number of guanidine groups is 1. The van der Waals surface area contributed by atoms with Gasteiger partial charge < -0.3 is 11.1 Å². The summed E-state index contributed by atoms with van der Waals surface area (Å²) in [6.07, 6.45) is -4.03. The summed E-state index contributed by atoms with van der Waals surface area (Å²) in [6.45, 7) is 1.54. The predicted molar refractivity (Wildman–Crippen MR) is 110 cm³/mol. The lowest BCUT2D eigenvalue weighted by Crippen LogP contribution is -2.50. The third-order valence-corrected chi connectivity index (χ3v) is 7.02. The first-order valence-electron chi connectivity index (χ1n) is 8.82. The molecule has 2 heterocycles. The van der Waals surface area contributed by atoms with Crippen LogP contribution in [0.25, 0.3) is 0 Å². The average molecular weight is 457 g/mol. The second kappa shape index (κ2) is 7.52. The van der Waals surface area contributed by atoms with Crippen molar-refractivity contribution in [2.24, 2.45) is 10.7 Å². The van der Waals surface area contributed by atoms with Crippen LogP contribution in [0.5, 0.6) is 0 Å². The normalized spacial score (nSPS) is 23.9. The minimum Gasteiger partial charge on any atom is -0.369 e. The van der Waals surface area contributed by atoms with Crippen LogP contribution in [0.1, 0.15) is 28.5 Å². The maximum absolute atomic E-state index is 14.6. The molecule has 7 nitrogen and oxygen atoms in total. The van der Waals surface area contributed by atoms with Gasteiger partial charge >= 0.3 is 6.18 Å². The zero-order valence-corrected chi connectivity index (χ0v) is 17.4. The fourth-order valence-corrected chi connectivity index (χ4v) is 4.78. The molecule has 12 heteroatoms. The molecule has 0 aliphatic carbocycles. The number of nitrogens with one attached hydrogen (secondary N) is 1. The summed E-state index contributed by atoms with van der Waals surface area (Å²) in [7, 11) is -1.39. The smallest absolute Gasteiger partial charge is 0.369 e. The molecule has 2 atom stereocenters. The van der Waals surface area contributed by atoms with E-state index >= 15 is 0 Å². The maximum atomic E-state index is 14.6. The summed E-state index contributed by atoms with van der Waals surface area (Å²) in [5.41, 5.74) is 3.44. The summed E-state index contributed by atoms with van der Waals surface area (Å²) in [6, 6.07) is 5.33. The van der Waals surface area contributed by atoms with Crippen molar-refractivity contribution in [2.75, 3.05) is 18.1 Å². The first-order chi connectivity index (χ1) is 14.2. The van der Waals surface area contributed by atoms with Crippen LogP contribution in [0.2, 0.25) is 0 Å². The molecule has 1 aliphatic heterocycles. The van der Waals surface area contributed by atoms with Gasteiger partial charge in [0.2, 0.25) is 5.96 Å². The summed E-state index contributed by atoms with van der Waals surface area (Å²) >= 11 is 0. The minimum atomic E-state index is -4.58. The largest absolute Gasteiger partial charge is 0.417 e. The highest BCUT2D eigenvalue weighted by Gasteiger charge is 2.39. The SMILES string of the molecule is C=S1(=O)C[C@@](C)(c2cc(NC(=O)c3ccc(C(F)(F)F)cn3)ccc2F)N=C(N)N1C. The molecule has 0 saturated carbocycles. The highest BCUT2D eigenvalue weighted by molar-refractivity contribution is 7.98. The number of hydrogen-bond acceptors (Lipinski definition) is 5. The molecule has 2 aromatic rings. The maximum Gasteiger partial charge on any atom is 0.417 e. The highest BCUT2D eigenvalue weighted by Crippen LogP contribution is 2.35. The van der Waals surface area contributed by atoms with Crippen molar-refractivity contribution in [2.45, 2.75) is 18.6 Å². The highest BCUT2D eigenvalue weighted by atomic mass is 32.2. The molecule has 0 radical (unpaired) electrons. The van der Waals surface area contributed by atoms with Gasteiger partial charge in [-0.3, -0.25) is 14.1 Å². The van der Waals surface area contributed by atoms with E-state index in [0.717, 1.165) is 18.2 Å². The second-order valence-corrected chi connectivity index (χ2v) is 9.62. The molecule has 1 unspecified atom stereocenters. The molecule has 0 saturated heterocycles. The first-order valence-corrected chi connectivity index (χ1v) is 10.7. The number of aliphatic imine (C=N–C) groups is 1. The van der Waals surface area contributed by atoms with Gasteiger partial charge in [-0.25, -0.2) is 13.6 Å². The van der Waals surface area contributed by atoms with E-state index in [0.29, 0.717) is 6.20 Å². The van der Waals surface area contributed by atoms with Gasteiger partial charge in [0.15, 0.2) is 0 Å². The molecule has 1 amide bonds. The van der Waals surface area contributed by atoms with Gasteiger partial charge in [-0.1, -0.05) is 0 Å². The molecule has 3 rings (SSSR count). The number of aromatic nitrogens is 1. The summed E-state index contributed by atoms with van der Waals surface area (Å²) in [4.78, 5) is 20.2. The van der Waals surface area contributed by atoms with E-state index in [1.807, 2.05) is 0 Å². The molecule has 166 valence electrons. The van der Waals surface area contributed by atoms with Gasteiger partial charge in [-0.2, -0.15) is 13.2 Å². The number of nitrogens with two attached hydrogens (primary N) is 1. The Morgan fingerprint density at radius 2 is 2.00 bits per heavy atom. The third kappa shape index (κ3) is 4.48. The van der Waals surface area contributed by atoms with Crippen LogP contribution in [0.3, 0.4) is 0 Å². The number of rotatable bonds is 3. The number of carbonyl (C=O) groups is 1.